The van der Waals surface area contributed by atoms with E-state index in [4.69, 9.17) is 15.3 Å². The molecule has 4 rings (SSSR count). The molecule has 27 heteroatoms. The number of carbonyl (C=O) groups excluding carboxylic acids is 3. The van der Waals surface area contributed by atoms with Crippen LogP contribution in [0.3, 0.4) is 0 Å². The van der Waals surface area contributed by atoms with Gasteiger partial charge < -0.3 is 113 Å². The van der Waals surface area contributed by atoms with Gasteiger partial charge in [-0.1, -0.05) is 24.3 Å². The van der Waals surface area contributed by atoms with Crippen LogP contribution in [0.2, 0.25) is 0 Å². The van der Waals surface area contributed by atoms with Crippen LogP contribution in [-0.2, 0) is 19.6 Å². The summed E-state index contributed by atoms with van der Waals surface area (Å²) in [5, 5.41) is 190. The van der Waals surface area contributed by atoms with Crippen LogP contribution in [0.5, 0.6) is 17.2 Å². The summed E-state index contributed by atoms with van der Waals surface area (Å²) in [4.78, 5) is 46.2. The van der Waals surface area contributed by atoms with Gasteiger partial charge in [-0.25, -0.2) is 0 Å². The van der Waals surface area contributed by atoms with Gasteiger partial charge in [0.25, 0.3) is 17.7 Å². The van der Waals surface area contributed by atoms with Gasteiger partial charge in [0.05, 0.1) is 54.8 Å². The molecule has 12 atom stereocenters. The second kappa shape index (κ2) is 32.2. The van der Waals surface area contributed by atoms with Crippen molar-refractivity contribution in [2.24, 2.45) is 0 Å². The fraction of sp³-hybridized carbons (Fsp3) is 0.574. The molecule has 1 heterocycles. The summed E-state index contributed by atoms with van der Waals surface area (Å²) in [6.07, 6.45) is -17.6. The van der Waals surface area contributed by atoms with Gasteiger partial charge in [-0.3, -0.25) is 24.2 Å². The molecule has 3 amide bonds. The molecule has 81 heavy (non-hydrogen) atoms. The third kappa shape index (κ3) is 19.5. The number of carbonyl (C=O) groups is 3. The normalized spacial score (nSPS) is 19.0. The van der Waals surface area contributed by atoms with Crippen molar-refractivity contribution in [3.05, 3.63) is 98.7 Å². The van der Waals surface area contributed by atoms with Gasteiger partial charge in [-0.2, -0.15) is 0 Å². The molecule has 21 N–H and O–H groups in total. The number of aromatic hydroxyl groups is 3. The number of rotatable bonds is 27. The number of phenolic OH excluding ortho intramolecular Hbond substituents is 3. The average molecular weight is 1150 g/mol. The van der Waals surface area contributed by atoms with E-state index < -0.39 is 136 Å². The lowest BCUT2D eigenvalue weighted by molar-refractivity contribution is -0.113. The number of hydrogen-bond acceptors (Lipinski definition) is 24. The van der Waals surface area contributed by atoms with Crippen LogP contribution < -0.4 is 16.0 Å². The monoisotopic (exact) mass is 1150 g/mol. The SMILES string of the molecule is Cc1cc(CN2/C=C\CN(Cc3cc(C)cc(C(=O)NCC(O)C(O)C(O)C(O)CO)c3O)CCCN(Cc3cc(C)cc(C(=O)NCC(O)C(O)C(O)C(O)CO)c3O)CCC2)c(O)c(C(=O)NCC(O)C(O)C(O)C(O)CO)c1. The lowest BCUT2D eigenvalue weighted by Gasteiger charge is -2.29. The Hall–Kier alpha value is -5.67. The molecule has 1 aliphatic rings. The van der Waals surface area contributed by atoms with Crippen LogP contribution in [0.1, 0.15) is 77.3 Å². The highest BCUT2D eigenvalue weighted by Crippen LogP contribution is 2.30. The van der Waals surface area contributed by atoms with Crippen molar-refractivity contribution in [2.75, 3.05) is 72.2 Å². The van der Waals surface area contributed by atoms with E-state index in [0.717, 1.165) is 0 Å². The molecule has 0 saturated heterocycles. The van der Waals surface area contributed by atoms with Crippen molar-refractivity contribution < 1.29 is 106 Å². The molecule has 0 bridgehead atoms. The lowest BCUT2D eigenvalue weighted by Crippen LogP contribution is -2.49. The summed E-state index contributed by atoms with van der Waals surface area (Å²) in [5.41, 5.74) is 2.24. The summed E-state index contributed by atoms with van der Waals surface area (Å²) in [6, 6.07) is 9.29. The van der Waals surface area contributed by atoms with Crippen LogP contribution in [-0.4, -0.2) is 270 Å². The number of aryl methyl sites for hydroxylation is 3. The molecule has 0 aliphatic carbocycles. The number of phenols is 3. The molecule has 0 spiro atoms. The Kier molecular flexibility index (Phi) is 27.0. The van der Waals surface area contributed by atoms with Gasteiger partial charge in [-0.15, -0.1) is 0 Å². The van der Waals surface area contributed by atoms with Gasteiger partial charge in [0.2, 0.25) is 0 Å². The highest BCUT2D eigenvalue weighted by molar-refractivity contribution is 5.98. The Morgan fingerprint density at radius 1 is 0.432 bits per heavy atom. The van der Waals surface area contributed by atoms with Gasteiger partial charge in [0, 0.05) is 82.1 Å². The molecule has 1 aliphatic heterocycles. The van der Waals surface area contributed by atoms with Crippen LogP contribution in [0.25, 0.3) is 0 Å². The molecular formula is C54H82N6O21. The Balaban J connectivity index is 1.64. The van der Waals surface area contributed by atoms with E-state index in [2.05, 4.69) is 16.0 Å². The van der Waals surface area contributed by atoms with Crippen molar-refractivity contribution in [3.8, 4) is 17.2 Å². The van der Waals surface area contributed by atoms with Crippen molar-refractivity contribution in [1.29, 1.82) is 0 Å². The second-order valence-electron chi connectivity index (χ2n) is 20.6. The Labute approximate surface area is 468 Å². The third-order valence-corrected chi connectivity index (χ3v) is 13.8. The van der Waals surface area contributed by atoms with E-state index >= 15 is 0 Å². The minimum atomic E-state index is -1.95. The summed E-state index contributed by atoms with van der Waals surface area (Å²) in [6.45, 7) is 2.62. The summed E-state index contributed by atoms with van der Waals surface area (Å²) in [5.74, 6) is -3.67. The molecule has 27 nitrogen and oxygen atoms in total. The zero-order chi connectivity index (χ0) is 60.4. The van der Waals surface area contributed by atoms with Crippen LogP contribution in [0.15, 0.2) is 48.7 Å². The molecule has 12 unspecified atom stereocenters. The van der Waals surface area contributed by atoms with Crippen LogP contribution in [0, 0.1) is 20.8 Å². The summed E-state index contributed by atoms with van der Waals surface area (Å²) in [7, 11) is 0. The predicted molar refractivity (Wildman–Crippen MR) is 288 cm³/mol. The topological polar surface area (TPSA) is 461 Å². The first-order valence-electron chi connectivity index (χ1n) is 26.4. The quantitative estimate of drug-likeness (QED) is 0.0338. The molecule has 0 fully saturated rings. The van der Waals surface area contributed by atoms with E-state index in [1.807, 2.05) is 20.8 Å². The van der Waals surface area contributed by atoms with E-state index in [-0.39, 0.29) is 54.4 Å². The first-order valence-corrected chi connectivity index (χ1v) is 26.4. The Morgan fingerprint density at radius 3 is 1.07 bits per heavy atom. The van der Waals surface area contributed by atoms with Crippen LogP contribution >= 0.6 is 0 Å². The summed E-state index contributed by atoms with van der Waals surface area (Å²) >= 11 is 0. The maximum absolute atomic E-state index is 13.4. The lowest BCUT2D eigenvalue weighted by atomic mass is 10.0. The van der Waals surface area contributed by atoms with Crippen LogP contribution in [0.4, 0.5) is 0 Å². The Morgan fingerprint density at radius 2 is 0.728 bits per heavy atom. The first-order chi connectivity index (χ1) is 38.2. The molecule has 3 aromatic rings. The van der Waals surface area contributed by atoms with Crippen molar-refractivity contribution in [1.82, 2.24) is 30.7 Å². The number of nitrogens with one attached hydrogen (secondary N) is 3. The summed E-state index contributed by atoms with van der Waals surface area (Å²) < 4.78 is 0. The zero-order valence-corrected chi connectivity index (χ0v) is 45.5. The smallest absolute Gasteiger partial charge is 0.255 e. The number of nitrogens with zero attached hydrogens (tertiary/aromatic N) is 3. The number of amides is 3. The number of benzene rings is 3. The van der Waals surface area contributed by atoms with Crippen molar-refractivity contribution in [3.63, 3.8) is 0 Å². The Bertz CT molecular complexity index is 2540. The standard InChI is InChI=1S/C54H82N6O21/c1-28-13-31(43(70)34(16-28)52(79)55-19-37(64)46(73)49(76)40(67)25-61)22-58-7-4-9-59(23-32-14-29(2)17-35(44(32)71)53(80)56-20-38(65)47(74)50(77)41(68)26-62)11-6-12-60(10-5-8-58)24-33-15-30(3)18-36(45(33)72)54(81)57-21-39(66)48(75)51(78)42(69)27-63/h4,7,13-18,37-42,46-51,61-78H,5-6,8-12,19-27H2,1-3H3,(H,55,79)(H,56,80)(H,57,81)/b7-4-. The van der Waals surface area contributed by atoms with E-state index in [1.54, 1.807) is 45.2 Å². The second-order valence-corrected chi connectivity index (χ2v) is 20.6. The fourth-order valence-corrected chi connectivity index (χ4v) is 9.14. The minimum absolute atomic E-state index is 0.0462. The minimum Gasteiger partial charge on any atom is -0.507 e. The van der Waals surface area contributed by atoms with Gasteiger partial charge >= 0.3 is 0 Å². The average Bonchev–Trinajstić information content (AvgIpc) is 3.46. The third-order valence-electron chi connectivity index (χ3n) is 13.8. The molecule has 454 valence electrons. The predicted octanol–water partition coefficient (Wildman–Crippen LogP) is -5.66. The number of aliphatic hydroxyl groups is 15. The molecular weight excluding hydrogens is 1070 g/mol. The molecule has 3 aromatic carbocycles. The van der Waals surface area contributed by atoms with E-state index in [9.17, 15) is 91.0 Å². The highest BCUT2D eigenvalue weighted by atomic mass is 16.4. The number of aliphatic hydroxyl groups excluding tert-OH is 15. The molecule has 0 radical (unpaired) electrons. The van der Waals surface area contributed by atoms with Gasteiger partial charge in [0.1, 0.15) is 72.2 Å². The van der Waals surface area contributed by atoms with Gasteiger partial charge in [-0.05, 0) is 81.2 Å². The maximum atomic E-state index is 13.4. The first kappa shape index (κ1) is 67.8. The van der Waals surface area contributed by atoms with E-state index in [0.29, 0.717) is 72.4 Å². The fourth-order valence-electron chi connectivity index (χ4n) is 9.14. The highest BCUT2D eigenvalue weighted by Gasteiger charge is 2.33. The van der Waals surface area contributed by atoms with Gasteiger partial charge in [0.15, 0.2) is 0 Å². The zero-order valence-electron chi connectivity index (χ0n) is 45.5. The van der Waals surface area contributed by atoms with Crippen molar-refractivity contribution in [2.45, 2.75) is 126 Å². The molecule has 0 aromatic heterocycles. The number of hydrogen-bond donors (Lipinski definition) is 21. The largest absolute Gasteiger partial charge is 0.507 e. The van der Waals surface area contributed by atoms with E-state index in [1.165, 1.54) is 18.2 Å². The molecule has 0 saturated carbocycles. The maximum Gasteiger partial charge on any atom is 0.255 e. The van der Waals surface area contributed by atoms with Crippen molar-refractivity contribution >= 4 is 17.7 Å².